The topological polar surface area (TPSA) is 58.8 Å². The van der Waals surface area contributed by atoms with Gasteiger partial charge in [0.2, 0.25) is 5.91 Å². The van der Waals surface area contributed by atoms with Crippen molar-refractivity contribution in [2.24, 2.45) is 5.73 Å². The van der Waals surface area contributed by atoms with Crippen molar-refractivity contribution in [1.29, 1.82) is 0 Å². The summed E-state index contributed by atoms with van der Waals surface area (Å²) in [7, 11) is 3.55. The summed E-state index contributed by atoms with van der Waals surface area (Å²) >= 11 is 0. The number of rotatable bonds is 4. The van der Waals surface area contributed by atoms with Crippen LogP contribution < -0.4 is 5.73 Å². The molecule has 0 aromatic heterocycles. The van der Waals surface area contributed by atoms with Gasteiger partial charge in [0.25, 0.3) is 0 Å². The van der Waals surface area contributed by atoms with Crippen LogP contribution >= 0.6 is 0 Å². The van der Waals surface area contributed by atoms with E-state index >= 15 is 0 Å². The molecule has 1 fully saturated rings. The largest absolute Gasteiger partial charge is 0.373 e. The molecule has 0 aromatic rings. The maximum atomic E-state index is 11.7. The lowest BCUT2D eigenvalue weighted by Gasteiger charge is -2.42. The molecule has 5 heteroatoms. The first kappa shape index (κ1) is 14.4. The van der Waals surface area contributed by atoms with Crippen molar-refractivity contribution >= 4 is 5.91 Å². The fraction of sp³-hybridized carbons (Fsp3) is 0.917. The zero-order valence-electron chi connectivity index (χ0n) is 11.4. The number of nitrogens with zero attached hydrogens (tertiary/aromatic N) is 2. The highest BCUT2D eigenvalue weighted by Crippen LogP contribution is 2.19. The zero-order chi connectivity index (χ0) is 13.1. The molecule has 0 aromatic carbocycles. The van der Waals surface area contributed by atoms with Crippen LogP contribution in [-0.2, 0) is 9.53 Å². The SMILES string of the molecule is CN(C)C(=O)CC(CN)N1CCOC(C)(C)C1. The number of carbonyl (C=O) groups is 1. The van der Waals surface area contributed by atoms with Crippen molar-refractivity contribution in [3.05, 3.63) is 0 Å². The van der Waals surface area contributed by atoms with E-state index in [1.54, 1.807) is 19.0 Å². The number of ether oxygens (including phenoxy) is 1. The van der Waals surface area contributed by atoms with E-state index in [9.17, 15) is 4.79 Å². The molecule has 100 valence electrons. The Kier molecular flexibility index (Phi) is 4.91. The van der Waals surface area contributed by atoms with Gasteiger partial charge in [-0.3, -0.25) is 9.69 Å². The molecule has 1 aliphatic heterocycles. The maximum Gasteiger partial charge on any atom is 0.223 e. The van der Waals surface area contributed by atoms with E-state index in [2.05, 4.69) is 18.7 Å². The molecule has 0 radical (unpaired) electrons. The van der Waals surface area contributed by atoms with Crippen LogP contribution in [0.5, 0.6) is 0 Å². The minimum absolute atomic E-state index is 0.119. The number of morpholine rings is 1. The Morgan fingerprint density at radius 3 is 2.65 bits per heavy atom. The number of hydrogen-bond acceptors (Lipinski definition) is 4. The van der Waals surface area contributed by atoms with Gasteiger partial charge in [0.05, 0.1) is 12.2 Å². The maximum absolute atomic E-state index is 11.7. The van der Waals surface area contributed by atoms with Crippen LogP contribution in [0, 0.1) is 0 Å². The lowest BCUT2D eigenvalue weighted by Crippen LogP contribution is -2.55. The van der Waals surface area contributed by atoms with Crippen LogP contribution in [-0.4, -0.2) is 67.7 Å². The standard InChI is InChI=1S/C12H25N3O2/c1-12(2)9-15(5-6-17-12)10(8-13)7-11(16)14(3)4/h10H,5-9,13H2,1-4H3. The molecule has 1 saturated heterocycles. The van der Waals surface area contributed by atoms with Crippen LogP contribution in [0.3, 0.4) is 0 Å². The average Bonchev–Trinajstić information content (AvgIpc) is 2.23. The minimum atomic E-state index is -0.146. The normalized spacial score (nSPS) is 22.2. The summed E-state index contributed by atoms with van der Waals surface area (Å²) in [6, 6.07) is 0.119. The van der Waals surface area contributed by atoms with Crippen LogP contribution in [0.4, 0.5) is 0 Å². The third-order valence-corrected chi connectivity index (χ3v) is 3.15. The first-order valence-electron chi connectivity index (χ1n) is 6.14. The van der Waals surface area contributed by atoms with Gasteiger partial charge < -0.3 is 15.4 Å². The first-order valence-corrected chi connectivity index (χ1v) is 6.14. The molecule has 0 aliphatic carbocycles. The third-order valence-electron chi connectivity index (χ3n) is 3.15. The third kappa shape index (κ3) is 4.26. The highest BCUT2D eigenvalue weighted by Gasteiger charge is 2.31. The molecule has 1 aliphatic rings. The molecule has 1 unspecified atom stereocenters. The van der Waals surface area contributed by atoms with Crippen molar-refractivity contribution in [1.82, 2.24) is 9.80 Å². The van der Waals surface area contributed by atoms with E-state index in [1.165, 1.54) is 0 Å². The van der Waals surface area contributed by atoms with Gasteiger partial charge in [-0.1, -0.05) is 0 Å². The van der Waals surface area contributed by atoms with E-state index in [0.717, 1.165) is 13.1 Å². The molecule has 1 amide bonds. The van der Waals surface area contributed by atoms with Crippen molar-refractivity contribution in [2.45, 2.75) is 31.9 Å². The molecule has 17 heavy (non-hydrogen) atoms. The Morgan fingerprint density at radius 2 is 2.18 bits per heavy atom. The summed E-state index contributed by atoms with van der Waals surface area (Å²) in [5.74, 6) is 0.129. The highest BCUT2D eigenvalue weighted by atomic mass is 16.5. The van der Waals surface area contributed by atoms with E-state index in [-0.39, 0.29) is 17.6 Å². The molecule has 0 spiro atoms. The van der Waals surface area contributed by atoms with Gasteiger partial charge >= 0.3 is 0 Å². The van der Waals surface area contributed by atoms with E-state index < -0.39 is 0 Å². The first-order chi connectivity index (χ1) is 7.85. The second-order valence-electron chi connectivity index (χ2n) is 5.46. The molecule has 1 heterocycles. The zero-order valence-corrected chi connectivity index (χ0v) is 11.4. The highest BCUT2D eigenvalue weighted by molar-refractivity contribution is 5.76. The van der Waals surface area contributed by atoms with Crippen LogP contribution in [0.2, 0.25) is 0 Å². The fourth-order valence-corrected chi connectivity index (χ4v) is 2.11. The van der Waals surface area contributed by atoms with Gasteiger partial charge in [0, 0.05) is 46.2 Å². The average molecular weight is 243 g/mol. The van der Waals surface area contributed by atoms with Crippen LogP contribution in [0.1, 0.15) is 20.3 Å². The van der Waals surface area contributed by atoms with Crippen LogP contribution in [0.25, 0.3) is 0 Å². The Labute approximate surface area is 104 Å². The minimum Gasteiger partial charge on any atom is -0.373 e. The molecule has 0 bridgehead atoms. The van der Waals surface area contributed by atoms with Crippen LogP contribution in [0.15, 0.2) is 0 Å². The van der Waals surface area contributed by atoms with Crippen molar-refractivity contribution in [2.75, 3.05) is 40.3 Å². The number of nitrogens with two attached hydrogens (primary N) is 1. The molecular weight excluding hydrogens is 218 g/mol. The summed E-state index contributed by atoms with van der Waals surface area (Å²) < 4.78 is 5.66. The second-order valence-corrected chi connectivity index (χ2v) is 5.46. The number of hydrogen-bond donors (Lipinski definition) is 1. The molecule has 5 nitrogen and oxygen atoms in total. The lowest BCUT2D eigenvalue weighted by molar-refractivity contribution is -0.132. The second kappa shape index (κ2) is 5.80. The van der Waals surface area contributed by atoms with Crippen molar-refractivity contribution < 1.29 is 9.53 Å². The molecule has 1 atom stereocenters. The summed E-state index contributed by atoms with van der Waals surface area (Å²) in [6.07, 6.45) is 0.486. The fourth-order valence-electron chi connectivity index (χ4n) is 2.11. The molecule has 2 N–H and O–H groups in total. The summed E-state index contributed by atoms with van der Waals surface area (Å²) in [5.41, 5.74) is 5.64. The molecule has 0 saturated carbocycles. The Balaban J connectivity index is 2.58. The number of carbonyl (C=O) groups excluding carboxylic acids is 1. The lowest BCUT2D eigenvalue weighted by atomic mass is 10.0. The van der Waals surface area contributed by atoms with Gasteiger partial charge in [-0.2, -0.15) is 0 Å². The van der Waals surface area contributed by atoms with E-state index in [4.69, 9.17) is 10.5 Å². The Bertz CT molecular complexity index is 266. The Hall–Kier alpha value is -0.650. The quantitative estimate of drug-likeness (QED) is 0.749. The van der Waals surface area contributed by atoms with Gasteiger partial charge in [-0.25, -0.2) is 0 Å². The summed E-state index contributed by atoms with van der Waals surface area (Å²) in [4.78, 5) is 15.6. The predicted molar refractivity (Wildman–Crippen MR) is 67.8 cm³/mol. The smallest absolute Gasteiger partial charge is 0.223 e. The van der Waals surface area contributed by atoms with E-state index in [0.29, 0.717) is 19.6 Å². The summed E-state index contributed by atoms with van der Waals surface area (Å²) in [5, 5.41) is 0. The van der Waals surface area contributed by atoms with Crippen molar-refractivity contribution in [3.8, 4) is 0 Å². The van der Waals surface area contributed by atoms with Gasteiger partial charge in [0.15, 0.2) is 0 Å². The number of amides is 1. The van der Waals surface area contributed by atoms with Gasteiger partial charge in [-0.15, -0.1) is 0 Å². The van der Waals surface area contributed by atoms with Gasteiger partial charge in [0.1, 0.15) is 0 Å². The van der Waals surface area contributed by atoms with Gasteiger partial charge in [-0.05, 0) is 13.8 Å². The Morgan fingerprint density at radius 1 is 1.53 bits per heavy atom. The molecular formula is C12H25N3O2. The molecule has 1 rings (SSSR count). The summed E-state index contributed by atoms with van der Waals surface area (Å²) in [6.45, 7) is 7.04. The predicted octanol–water partition coefficient (Wildman–Crippen LogP) is -0.0972. The van der Waals surface area contributed by atoms with Crippen molar-refractivity contribution in [3.63, 3.8) is 0 Å². The monoisotopic (exact) mass is 243 g/mol. The van der Waals surface area contributed by atoms with E-state index in [1.807, 2.05) is 0 Å².